The number of hydrogen-bond donors (Lipinski definition) is 2. The lowest BCUT2D eigenvalue weighted by Gasteiger charge is -2.26. The number of hydrogen-bond acceptors (Lipinski definition) is 5. The number of carbonyl (C=O) groups excluding carboxylic acids is 1. The second-order valence-electron chi connectivity index (χ2n) is 6.84. The van der Waals surface area contributed by atoms with Crippen molar-refractivity contribution in [3.8, 4) is 28.5 Å². The van der Waals surface area contributed by atoms with Gasteiger partial charge in [-0.15, -0.1) is 0 Å². The number of benzene rings is 2. The number of para-hydroxylation sites is 1. The highest BCUT2D eigenvalue weighted by atomic mass is 16.5. The monoisotopic (exact) mass is 393 g/mol. The van der Waals surface area contributed by atoms with E-state index in [9.17, 15) is 4.79 Å². The molecule has 0 radical (unpaired) electrons. The first-order chi connectivity index (χ1) is 14.1. The van der Waals surface area contributed by atoms with Crippen molar-refractivity contribution in [3.63, 3.8) is 0 Å². The van der Waals surface area contributed by atoms with E-state index in [0.29, 0.717) is 35.9 Å². The Bertz CT molecular complexity index is 1040. The van der Waals surface area contributed by atoms with Crippen LogP contribution in [0.2, 0.25) is 0 Å². The van der Waals surface area contributed by atoms with Crippen LogP contribution in [-0.4, -0.2) is 36.9 Å². The van der Waals surface area contributed by atoms with Gasteiger partial charge in [-0.25, -0.2) is 0 Å². The number of methoxy groups -OCH3 is 2. The average molecular weight is 393 g/mol. The van der Waals surface area contributed by atoms with Crippen molar-refractivity contribution in [2.24, 2.45) is 0 Å². The molecule has 3 aromatic rings. The van der Waals surface area contributed by atoms with E-state index in [1.807, 2.05) is 49.4 Å². The highest BCUT2D eigenvalue weighted by Crippen LogP contribution is 2.35. The molecule has 1 atom stereocenters. The molecule has 0 aliphatic carbocycles. The van der Waals surface area contributed by atoms with E-state index < -0.39 is 0 Å². The van der Waals surface area contributed by atoms with E-state index in [1.165, 1.54) is 0 Å². The number of rotatable bonds is 5. The summed E-state index contributed by atoms with van der Waals surface area (Å²) in [5.74, 6) is 1.95. The molecule has 2 N–H and O–H groups in total. The molecule has 2 aromatic carbocycles. The third kappa shape index (κ3) is 3.51. The van der Waals surface area contributed by atoms with Gasteiger partial charge in [-0.2, -0.15) is 5.10 Å². The smallest absolute Gasteiger partial charge is 0.270 e. The Morgan fingerprint density at radius 1 is 1.21 bits per heavy atom. The topological polar surface area (TPSA) is 85.5 Å². The van der Waals surface area contributed by atoms with Crippen LogP contribution in [-0.2, 0) is 0 Å². The molecule has 0 saturated heterocycles. The van der Waals surface area contributed by atoms with Gasteiger partial charge in [-0.1, -0.05) is 18.2 Å². The highest BCUT2D eigenvalue weighted by Gasteiger charge is 2.26. The summed E-state index contributed by atoms with van der Waals surface area (Å²) in [7, 11) is 3.21. The van der Waals surface area contributed by atoms with Gasteiger partial charge in [0.15, 0.2) is 0 Å². The number of fused-ring (bicyclic) bond motifs is 1. The quantitative estimate of drug-likeness (QED) is 0.691. The zero-order valence-corrected chi connectivity index (χ0v) is 16.6. The lowest BCUT2D eigenvalue weighted by Crippen LogP contribution is -2.32. The van der Waals surface area contributed by atoms with E-state index in [2.05, 4.69) is 15.5 Å². The summed E-state index contributed by atoms with van der Waals surface area (Å²) in [6.45, 7) is 2.43. The predicted molar refractivity (Wildman–Crippen MR) is 109 cm³/mol. The molecule has 2 heterocycles. The van der Waals surface area contributed by atoms with Crippen molar-refractivity contribution < 1.29 is 19.0 Å². The molecule has 0 spiro atoms. The molecule has 150 valence electrons. The lowest BCUT2D eigenvalue weighted by molar-refractivity contribution is 0.0919. The molecular formula is C22H23N3O4. The Kier molecular flexibility index (Phi) is 5.12. The van der Waals surface area contributed by atoms with Gasteiger partial charge in [-0.3, -0.25) is 9.89 Å². The van der Waals surface area contributed by atoms with Gasteiger partial charge < -0.3 is 19.5 Å². The Labute approximate surface area is 169 Å². The zero-order valence-electron chi connectivity index (χ0n) is 16.6. The van der Waals surface area contributed by atoms with Crippen LogP contribution >= 0.6 is 0 Å². The third-order valence-electron chi connectivity index (χ3n) is 5.16. The Hall–Kier alpha value is -3.48. The van der Waals surface area contributed by atoms with Crippen molar-refractivity contribution in [1.29, 1.82) is 0 Å². The molecule has 1 aliphatic rings. The number of amides is 1. The molecule has 0 bridgehead atoms. The standard InChI is InChI=1S/C22H23N3O4/c1-13-20(16-12-14(27-2)8-9-18(16)28-3)24-25-21(13)22(26)23-17-10-11-29-19-7-5-4-6-15(17)19/h4-9,12,17H,10-11H2,1-3H3,(H,23,26)(H,24,25). The van der Waals surface area contributed by atoms with Gasteiger partial charge in [0.25, 0.3) is 5.91 Å². The van der Waals surface area contributed by atoms with Crippen molar-refractivity contribution in [1.82, 2.24) is 15.5 Å². The van der Waals surface area contributed by atoms with Crippen molar-refractivity contribution >= 4 is 5.91 Å². The van der Waals surface area contributed by atoms with Gasteiger partial charge >= 0.3 is 0 Å². The van der Waals surface area contributed by atoms with E-state index >= 15 is 0 Å². The minimum absolute atomic E-state index is 0.107. The first kappa shape index (κ1) is 18.9. The molecule has 0 fully saturated rings. The van der Waals surface area contributed by atoms with Crippen LogP contribution < -0.4 is 19.5 Å². The van der Waals surface area contributed by atoms with Crippen LogP contribution in [0.4, 0.5) is 0 Å². The third-order valence-corrected chi connectivity index (χ3v) is 5.16. The summed E-state index contributed by atoms with van der Waals surface area (Å²) in [6.07, 6.45) is 0.715. The van der Waals surface area contributed by atoms with Crippen molar-refractivity contribution in [2.45, 2.75) is 19.4 Å². The van der Waals surface area contributed by atoms with Crippen LogP contribution in [0.25, 0.3) is 11.3 Å². The fraction of sp³-hybridized carbons (Fsp3) is 0.273. The first-order valence-electron chi connectivity index (χ1n) is 9.42. The summed E-state index contributed by atoms with van der Waals surface area (Å²) in [5, 5.41) is 10.4. The van der Waals surface area contributed by atoms with Gasteiger partial charge in [0, 0.05) is 23.1 Å². The molecule has 1 aromatic heterocycles. The summed E-state index contributed by atoms with van der Waals surface area (Å²) in [4.78, 5) is 13.0. The van der Waals surface area contributed by atoms with Crippen LogP contribution in [0.5, 0.6) is 17.2 Å². The summed E-state index contributed by atoms with van der Waals surface area (Å²) in [6, 6.07) is 13.1. The molecule has 7 heteroatoms. The number of aromatic nitrogens is 2. The van der Waals surface area contributed by atoms with Gasteiger partial charge in [-0.05, 0) is 31.2 Å². The fourth-order valence-corrected chi connectivity index (χ4v) is 3.60. The van der Waals surface area contributed by atoms with Crippen molar-refractivity contribution in [2.75, 3.05) is 20.8 Å². The van der Waals surface area contributed by atoms with Crippen LogP contribution in [0, 0.1) is 6.92 Å². The number of nitrogens with one attached hydrogen (secondary N) is 2. The maximum absolute atomic E-state index is 13.0. The van der Waals surface area contributed by atoms with Gasteiger partial charge in [0.2, 0.25) is 0 Å². The van der Waals surface area contributed by atoms with Crippen molar-refractivity contribution in [3.05, 3.63) is 59.3 Å². The number of nitrogens with zero attached hydrogens (tertiary/aromatic N) is 1. The molecule has 29 heavy (non-hydrogen) atoms. The molecule has 1 aliphatic heterocycles. The minimum atomic E-state index is -0.204. The normalized spacial score (nSPS) is 15.2. The van der Waals surface area contributed by atoms with Crippen LogP contribution in [0.3, 0.4) is 0 Å². The number of aromatic amines is 1. The summed E-state index contributed by atoms with van der Waals surface area (Å²) >= 11 is 0. The molecule has 7 nitrogen and oxygen atoms in total. The Morgan fingerprint density at radius 3 is 2.83 bits per heavy atom. The largest absolute Gasteiger partial charge is 0.497 e. The van der Waals surface area contributed by atoms with E-state index in [-0.39, 0.29) is 11.9 Å². The molecule has 1 unspecified atom stereocenters. The fourth-order valence-electron chi connectivity index (χ4n) is 3.60. The first-order valence-corrected chi connectivity index (χ1v) is 9.42. The van der Waals surface area contributed by atoms with Gasteiger partial charge in [0.1, 0.15) is 22.9 Å². The SMILES string of the molecule is COc1ccc(OC)c(-c2n[nH]c(C(=O)NC3CCOc4ccccc43)c2C)c1. The average Bonchev–Trinajstić information content (AvgIpc) is 3.14. The highest BCUT2D eigenvalue weighted by molar-refractivity contribution is 5.96. The zero-order chi connectivity index (χ0) is 20.4. The lowest BCUT2D eigenvalue weighted by atomic mass is 10.00. The van der Waals surface area contributed by atoms with E-state index in [0.717, 1.165) is 22.4 Å². The Balaban J connectivity index is 1.62. The second kappa shape index (κ2) is 7.87. The minimum Gasteiger partial charge on any atom is -0.497 e. The maximum Gasteiger partial charge on any atom is 0.270 e. The van der Waals surface area contributed by atoms with E-state index in [4.69, 9.17) is 14.2 Å². The molecular weight excluding hydrogens is 370 g/mol. The Morgan fingerprint density at radius 2 is 2.03 bits per heavy atom. The number of carbonyl (C=O) groups is 1. The molecule has 1 amide bonds. The van der Waals surface area contributed by atoms with Crippen LogP contribution in [0.15, 0.2) is 42.5 Å². The van der Waals surface area contributed by atoms with Crippen LogP contribution in [0.1, 0.15) is 34.1 Å². The summed E-state index contributed by atoms with van der Waals surface area (Å²) in [5.41, 5.74) is 3.57. The predicted octanol–water partition coefficient (Wildman–Crippen LogP) is 3.66. The van der Waals surface area contributed by atoms with E-state index in [1.54, 1.807) is 14.2 Å². The summed E-state index contributed by atoms with van der Waals surface area (Å²) < 4.78 is 16.5. The number of H-pyrrole nitrogens is 1. The molecule has 4 rings (SSSR count). The van der Waals surface area contributed by atoms with Gasteiger partial charge in [0.05, 0.1) is 32.6 Å². The molecule has 0 saturated carbocycles. The number of ether oxygens (including phenoxy) is 3. The maximum atomic E-state index is 13.0. The second-order valence-corrected chi connectivity index (χ2v) is 6.84.